The fourth-order valence-electron chi connectivity index (χ4n) is 2.13. The number of anilines is 1. The smallest absolute Gasteiger partial charge is 0.141 e. The fraction of sp³-hybridized carbons (Fsp3) is 0.0625. The van der Waals surface area contributed by atoms with Crippen molar-refractivity contribution in [1.29, 1.82) is 0 Å². The van der Waals surface area contributed by atoms with E-state index < -0.39 is 5.82 Å². The molecule has 106 valence electrons. The quantitative estimate of drug-likeness (QED) is 0.756. The van der Waals surface area contributed by atoms with Crippen LogP contribution in [0.5, 0.6) is 5.75 Å². The molecule has 0 aliphatic heterocycles. The molecule has 0 fully saturated rings. The highest BCUT2D eigenvalue weighted by atomic mass is 35.5. The van der Waals surface area contributed by atoms with Gasteiger partial charge < -0.3 is 10.4 Å². The summed E-state index contributed by atoms with van der Waals surface area (Å²) in [7, 11) is 0. The minimum absolute atomic E-state index is 0.0952. The van der Waals surface area contributed by atoms with Crippen LogP contribution in [0.3, 0.4) is 0 Å². The van der Waals surface area contributed by atoms with Gasteiger partial charge in [-0.1, -0.05) is 23.7 Å². The molecule has 0 radical (unpaired) electrons. The summed E-state index contributed by atoms with van der Waals surface area (Å²) in [6.45, 7) is 0.460. The largest absolute Gasteiger partial charge is 0.508 e. The Morgan fingerprint density at radius 1 is 1.14 bits per heavy atom. The standard InChI is InChI=1S/C16H12ClFN2O/c17-14-7-10(1-4-15(14)18)9-20-16-13-8-12(21)3-2-11(13)5-6-19-16/h1-8,21H,9H2,(H,19,20). The molecule has 0 atom stereocenters. The normalized spacial score (nSPS) is 10.8. The first-order valence-corrected chi connectivity index (χ1v) is 6.77. The van der Waals surface area contributed by atoms with E-state index in [-0.39, 0.29) is 10.8 Å². The van der Waals surface area contributed by atoms with Crippen LogP contribution in [0.1, 0.15) is 5.56 Å². The van der Waals surface area contributed by atoms with Gasteiger partial charge in [-0.15, -0.1) is 0 Å². The molecule has 5 heteroatoms. The highest BCUT2D eigenvalue weighted by molar-refractivity contribution is 6.30. The molecule has 0 aliphatic carbocycles. The number of hydrogen-bond donors (Lipinski definition) is 2. The zero-order valence-corrected chi connectivity index (χ0v) is 11.7. The predicted molar refractivity (Wildman–Crippen MR) is 82.1 cm³/mol. The van der Waals surface area contributed by atoms with Gasteiger partial charge >= 0.3 is 0 Å². The minimum atomic E-state index is -0.436. The first-order chi connectivity index (χ1) is 10.1. The second kappa shape index (κ2) is 5.58. The van der Waals surface area contributed by atoms with E-state index in [1.165, 1.54) is 6.07 Å². The Balaban J connectivity index is 1.88. The number of halogens is 2. The summed E-state index contributed by atoms with van der Waals surface area (Å²) in [5, 5.41) is 14.7. The number of aromatic nitrogens is 1. The molecule has 0 bridgehead atoms. The highest BCUT2D eigenvalue weighted by Crippen LogP contribution is 2.25. The topological polar surface area (TPSA) is 45.2 Å². The molecule has 0 amide bonds. The van der Waals surface area contributed by atoms with Gasteiger partial charge in [0.05, 0.1) is 5.02 Å². The average Bonchev–Trinajstić information content (AvgIpc) is 2.48. The van der Waals surface area contributed by atoms with Crippen molar-refractivity contribution < 1.29 is 9.50 Å². The number of pyridine rings is 1. The first-order valence-electron chi connectivity index (χ1n) is 6.39. The highest BCUT2D eigenvalue weighted by Gasteiger charge is 2.05. The third kappa shape index (κ3) is 2.90. The molecule has 21 heavy (non-hydrogen) atoms. The lowest BCUT2D eigenvalue weighted by molar-refractivity contribution is 0.476. The lowest BCUT2D eigenvalue weighted by atomic mass is 10.1. The fourth-order valence-corrected chi connectivity index (χ4v) is 2.34. The number of nitrogens with one attached hydrogen (secondary N) is 1. The van der Waals surface area contributed by atoms with Gasteiger partial charge in [0, 0.05) is 18.1 Å². The minimum Gasteiger partial charge on any atom is -0.508 e. The van der Waals surface area contributed by atoms with Crippen LogP contribution in [0, 0.1) is 5.82 Å². The molecule has 3 nitrogen and oxygen atoms in total. The first kappa shape index (κ1) is 13.6. The van der Waals surface area contributed by atoms with Crippen LogP contribution >= 0.6 is 11.6 Å². The number of fused-ring (bicyclic) bond motifs is 1. The second-order valence-electron chi connectivity index (χ2n) is 4.67. The third-order valence-corrected chi connectivity index (χ3v) is 3.48. The number of hydrogen-bond acceptors (Lipinski definition) is 3. The number of rotatable bonds is 3. The summed E-state index contributed by atoms with van der Waals surface area (Å²) in [6.07, 6.45) is 1.69. The van der Waals surface area contributed by atoms with Crippen molar-refractivity contribution in [2.24, 2.45) is 0 Å². The van der Waals surface area contributed by atoms with Crippen molar-refractivity contribution in [3.63, 3.8) is 0 Å². The molecule has 0 unspecified atom stereocenters. The summed E-state index contributed by atoms with van der Waals surface area (Å²) in [5.74, 6) is 0.404. The van der Waals surface area contributed by atoms with Crippen LogP contribution in [-0.4, -0.2) is 10.1 Å². The lowest BCUT2D eigenvalue weighted by Crippen LogP contribution is -2.02. The van der Waals surface area contributed by atoms with Gasteiger partial charge in [0.1, 0.15) is 17.4 Å². The van der Waals surface area contributed by atoms with Crippen LogP contribution in [0.4, 0.5) is 10.2 Å². The zero-order chi connectivity index (χ0) is 14.8. The van der Waals surface area contributed by atoms with E-state index in [1.807, 2.05) is 12.1 Å². The number of nitrogens with zero attached hydrogens (tertiary/aromatic N) is 1. The summed E-state index contributed by atoms with van der Waals surface area (Å²) in [6, 6.07) is 11.6. The summed E-state index contributed by atoms with van der Waals surface area (Å²) >= 11 is 5.76. The molecule has 0 saturated heterocycles. The summed E-state index contributed by atoms with van der Waals surface area (Å²) in [5.41, 5.74) is 0.848. The van der Waals surface area contributed by atoms with E-state index in [9.17, 15) is 9.50 Å². The Morgan fingerprint density at radius 3 is 2.81 bits per heavy atom. The number of phenolic OH excluding ortho intramolecular Hbond substituents is 1. The van der Waals surface area contributed by atoms with Crippen molar-refractivity contribution in [1.82, 2.24) is 4.98 Å². The van der Waals surface area contributed by atoms with E-state index in [0.29, 0.717) is 12.4 Å². The molecule has 1 heterocycles. The molecule has 0 aliphatic rings. The van der Waals surface area contributed by atoms with Crippen molar-refractivity contribution in [3.05, 3.63) is 65.1 Å². The van der Waals surface area contributed by atoms with Gasteiger partial charge in [-0.05, 0) is 41.3 Å². The van der Waals surface area contributed by atoms with E-state index in [2.05, 4.69) is 10.3 Å². The van der Waals surface area contributed by atoms with Crippen LogP contribution < -0.4 is 5.32 Å². The van der Waals surface area contributed by atoms with Gasteiger partial charge in [-0.2, -0.15) is 0 Å². The molecule has 0 saturated carbocycles. The van der Waals surface area contributed by atoms with Crippen molar-refractivity contribution in [2.45, 2.75) is 6.54 Å². The van der Waals surface area contributed by atoms with E-state index in [0.717, 1.165) is 16.3 Å². The Morgan fingerprint density at radius 2 is 2.00 bits per heavy atom. The Labute approximate surface area is 126 Å². The Kier molecular flexibility index (Phi) is 3.62. The maximum absolute atomic E-state index is 13.1. The number of aromatic hydroxyl groups is 1. The maximum Gasteiger partial charge on any atom is 0.141 e. The van der Waals surface area contributed by atoms with Gasteiger partial charge in [0.25, 0.3) is 0 Å². The van der Waals surface area contributed by atoms with Crippen LogP contribution in [0.25, 0.3) is 10.8 Å². The molecular formula is C16H12ClFN2O. The summed E-state index contributed by atoms with van der Waals surface area (Å²) < 4.78 is 13.1. The molecule has 2 N–H and O–H groups in total. The van der Waals surface area contributed by atoms with Crippen molar-refractivity contribution >= 4 is 28.2 Å². The van der Waals surface area contributed by atoms with E-state index in [4.69, 9.17) is 11.6 Å². The SMILES string of the molecule is Oc1ccc2ccnc(NCc3ccc(F)c(Cl)c3)c2c1. The molecule has 3 aromatic rings. The third-order valence-electron chi connectivity index (χ3n) is 3.19. The summed E-state index contributed by atoms with van der Waals surface area (Å²) in [4.78, 5) is 4.27. The molecule has 1 aromatic heterocycles. The van der Waals surface area contributed by atoms with Gasteiger partial charge in [-0.3, -0.25) is 0 Å². The lowest BCUT2D eigenvalue weighted by Gasteiger charge is -2.09. The average molecular weight is 303 g/mol. The van der Waals surface area contributed by atoms with Gasteiger partial charge in [0.15, 0.2) is 0 Å². The Hall–Kier alpha value is -2.33. The van der Waals surface area contributed by atoms with Crippen LogP contribution in [0.2, 0.25) is 5.02 Å². The number of benzene rings is 2. The van der Waals surface area contributed by atoms with Gasteiger partial charge in [0.2, 0.25) is 0 Å². The molecular weight excluding hydrogens is 291 g/mol. The zero-order valence-electron chi connectivity index (χ0n) is 11.0. The monoisotopic (exact) mass is 302 g/mol. The second-order valence-corrected chi connectivity index (χ2v) is 5.07. The van der Waals surface area contributed by atoms with Crippen molar-refractivity contribution in [3.8, 4) is 5.75 Å². The number of phenols is 1. The van der Waals surface area contributed by atoms with E-state index in [1.54, 1.807) is 30.5 Å². The van der Waals surface area contributed by atoms with Crippen LogP contribution in [0.15, 0.2) is 48.7 Å². The van der Waals surface area contributed by atoms with E-state index >= 15 is 0 Å². The van der Waals surface area contributed by atoms with Gasteiger partial charge in [-0.25, -0.2) is 9.37 Å². The Bertz CT molecular complexity index is 807. The molecule has 3 rings (SSSR count). The van der Waals surface area contributed by atoms with Crippen molar-refractivity contribution in [2.75, 3.05) is 5.32 Å². The maximum atomic E-state index is 13.1. The van der Waals surface area contributed by atoms with Crippen LogP contribution in [-0.2, 0) is 6.54 Å². The molecule has 0 spiro atoms. The predicted octanol–water partition coefficient (Wildman–Crippen LogP) is 4.35. The molecule has 2 aromatic carbocycles.